The van der Waals surface area contributed by atoms with Crippen LogP contribution in [0.25, 0.3) is 11.1 Å². The average molecular weight is 381 g/mol. The van der Waals surface area contributed by atoms with Gasteiger partial charge in [0.05, 0.1) is 11.5 Å². The van der Waals surface area contributed by atoms with E-state index in [0.717, 1.165) is 17.5 Å². The molecule has 0 spiro atoms. The number of esters is 1. The van der Waals surface area contributed by atoms with Crippen LogP contribution < -0.4 is 0 Å². The maximum Gasteiger partial charge on any atom is 0.306 e. The molecule has 144 valence electrons. The topological polar surface area (TPSA) is 50.1 Å². The zero-order valence-electron chi connectivity index (χ0n) is 16.5. The number of benzene rings is 3. The van der Waals surface area contributed by atoms with Gasteiger partial charge in [-0.1, -0.05) is 72.8 Å². The third kappa shape index (κ3) is 3.93. The number of nitriles is 1. The van der Waals surface area contributed by atoms with Gasteiger partial charge in [0.25, 0.3) is 0 Å². The molecule has 0 saturated heterocycles. The molecule has 0 amide bonds. The molecule has 0 unspecified atom stereocenters. The highest BCUT2D eigenvalue weighted by molar-refractivity contribution is 5.77. The maximum atomic E-state index is 12.2. The summed E-state index contributed by atoms with van der Waals surface area (Å²) in [6.07, 6.45) is 1.54. The van der Waals surface area contributed by atoms with Crippen molar-refractivity contribution in [1.82, 2.24) is 0 Å². The number of carbonyl (C=O) groups is 1. The molecule has 0 bridgehead atoms. The van der Waals surface area contributed by atoms with E-state index in [-0.39, 0.29) is 19.0 Å². The summed E-state index contributed by atoms with van der Waals surface area (Å²) in [6.45, 7) is 2.17. The molecule has 0 saturated carbocycles. The van der Waals surface area contributed by atoms with E-state index < -0.39 is 5.41 Å². The molecule has 0 fully saturated rings. The minimum atomic E-state index is -0.727. The first-order chi connectivity index (χ1) is 14.1. The Balaban J connectivity index is 1.43. The van der Waals surface area contributed by atoms with E-state index in [1.165, 1.54) is 22.3 Å². The van der Waals surface area contributed by atoms with E-state index in [1.54, 1.807) is 0 Å². The minimum Gasteiger partial charge on any atom is -0.461 e. The van der Waals surface area contributed by atoms with E-state index in [2.05, 4.69) is 42.5 Å². The van der Waals surface area contributed by atoms with Crippen molar-refractivity contribution in [2.24, 2.45) is 0 Å². The smallest absolute Gasteiger partial charge is 0.306 e. The molecule has 3 nitrogen and oxygen atoms in total. The highest BCUT2D eigenvalue weighted by Gasteiger charge is 2.29. The fourth-order valence-electron chi connectivity index (χ4n) is 3.92. The van der Waals surface area contributed by atoms with Crippen LogP contribution in [-0.2, 0) is 28.0 Å². The van der Waals surface area contributed by atoms with Crippen molar-refractivity contribution in [2.75, 3.05) is 0 Å². The second-order valence-corrected chi connectivity index (χ2v) is 7.80. The van der Waals surface area contributed by atoms with Crippen molar-refractivity contribution >= 4 is 5.97 Å². The van der Waals surface area contributed by atoms with E-state index in [1.807, 2.05) is 43.3 Å². The Hall–Kier alpha value is -3.38. The Labute approximate surface area is 171 Å². The molecular weight excluding hydrogens is 358 g/mol. The summed E-state index contributed by atoms with van der Waals surface area (Å²) >= 11 is 0. The second kappa shape index (κ2) is 7.93. The molecule has 0 aliphatic heterocycles. The van der Waals surface area contributed by atoms with Crippen molar-refractivity contribution in [3.8, 4) is 17.2 Å². The van der Waals surface area contributed by atoms with E-state index >= 15 is 0 Å². The van der Waals surface area contributed by atoms with Gasteiger partial charge < -0.3 is 4.74 Å². The van der Waals surface area contributed by atoms with E-state index in [4.69, 9.17) is 4.74 Å². The molecule has 3 heteroatoms. The predicted molar refractivity (Wildman–Crippen MR) is 113 cm³/mol. The van der Waals surface area contributed by atoms with Crippen LogP contribution in [0.2, 0.25) is 0 Å². The van der Waals surface area contributed by atoms with E-state index in [9.17, 15) is 10.1 Å². The van der Waals surface area contributed by atoms with Gasteiger partial charge in [-0.05, 0) is 53.1 Å². The van der Waals surface area contributed by atoms with Crippen LogP contribution >= 0.6 is 0 Å². The predicted octanol–water partition coefficient (Wildman–Crippen LogP) is 5.56. The zero-order chi connectivity index (χ0) is 20.3. The summed E-state index contributed by atoms with van der Waals surface area (Å²) < 4.78 is 5.37. The highest BCUT2D eigenvalue weighted by Crippen LogP contribution is 2.39. The molecule has 3 aromatic carbocycles. The maximum absolute atomic E-state index is 12.2. The fourth-order valence-corrected chi connectivity index (χ4v) is 3.92. The normalized spacial score (nSPS) is 13.7. The Kier molecular flexibility index (Phi) is 5.18. The standard InChI is InChI=1S/C26H23NO2/c1-26(18-27,14-13-25(28)29-17-19-7-3-2-4-8-19)22-11-12-24-21(16-22)15-20-9-5-6-10-23(20)24/h2-12,16H,13-15,17H2,1H3/t26-/m1/s1. The van der Waals surface area contributed by atoms with Gasteiger partial charge in [0.2, 0.25) is 0 Å². The van der Waals surface area contributed by atoms with Gasteiger partial charge in [-0.2, -0.15) is 5.26 Å². The molecule has 1 aliphatic rings. The van der Waals surface area contributed by atoms with Crippen LogP contribution in [0.3, 0.4) is 0 Å². The van der Waals surface area contributed by atoms with E-state index in [0.29, 0.717) is 6.42 Å². The van der Waals surface area contributed by atoms with Crippen LogP contribution in [0.15, 0.2) is 72.8 Å². The molecular formula is C26H23NO2. The molecule has 0 aromatic heterocycles. The monoisotopic (exact) mass is 381 g/mol. The zero-order valence-corrected chi connectivity index (χ0v) is 16.5. The third-order valence-corrected chi connectivity index (χ3v) is 5.75. The second-order valence-electron chi connectivity index (χ2n) is 7.80. The summed E-state index contributed by atoms with van der Waals surface area (Å²) in [6, 6.07) is 26.7. The minimum absolute atomic E-state index is 0.216. The van der Waals surface area contributed by atoms with Gasteiger partial charge in [-0.15, -0.1) is 0 Å². The fraction of sp³-hybridized carbons (Fsp3) is 0.231. The Morgan fingerprint density at radius 3 is 2.52 bits per heavy atom. The summed E-state index contributed by atoms with van der Waals surface area (Å²) in [4.78, 5) is 12.2. The number of ether oxygens (including phenoxy) is 1. The molecule has 3 aromatic rings. The van der Waals surface area contributed by atoms with Gasteiger partial charge in [0, 0.05) is 6.42 Å². The summed E-state index contributed by atoms with van der Waals surface area (Å²) in [7, 11) is 0. The largest absolute Gasteiger partial charge is 0.461 e. The lowest BCUT2D eigenvalue weighted by atomic mass is 9.79. The molecule has 0 radical (unpaired) electrons. The van der Waals surface area contributed by atoms with Gasteiger partial charge in [0.1, 0.15) is 6.61 Å². The molecule has 1 aliphatic carbocycles. The summed E-state index contributed by atoms with van der Waals surface area (Å²) in [5, 5.41) is 9.88. The van der Waals surface area contributed by atoms with Gasteiger partial charge in [0.15, 0.2) is 0 Å². The number of fused-ring (bicyclic) bond motifs is 3. The number of hydrogen-bond acceptors (Lipinski definition) is 3. The first-order valence-corrected chi connectivity index (χ1v) is 9.91. The molecule has 4 rings (SSSR count). The van der Waals surface area contributed by atoms with Crippen LogP contribution in [0, 0.1) is 11.3 Å². The SMILES string of the molecule is C[C@](C#N)(CCC(=O)OCc1ccccc1)c1ccc2c(c1)Cc1ccccc1-2. The Bertz CT molecular complexity index is 1080. The van der Waals surface area contributed by atoms with Gasteiger partial charge in [-0.3, -0.25) is 4.79 Å². The summed E-state index contributed by atoms with van der Waals surface area (Å²) in [5.74, 6) is -0.274. The summed E-state index contributed by atoms with van der Waals surface area (Å²) in [5.41, 5.74) is 6.28. The van der Waals surface area contributed by atoms with Crippen molar-refractivity contribution in [1.29, 1.82) is 5.26 Å². The highest BCUT2D eigenvalue weighted by atomic mass is 16.5. The lowest BCUT2D eigenvalue weighted by molar-refractivity contribution is -0.145. The van der Waals surface area contributed by atoms with Crippen molar-refractivity contribution in [3.63, 3.8) is 0 Å². The van der Waals surface area contributed by atoms with Crippen LogP contribution in [0.1, 0.15) is 42.0 Å². The van der Waals surface area contributed by atoms with Crippen LogP contribution in [0.4, 0.5) is 0 Å². The third-order valence-electron chi connectivity index (χ3n) is 5.75. The number of carbonyl (C=O) groups excluding carboxylic acids is 1. The molecule has 1 atom stereocenters. The number of hydrogen-bond donors (Lipinski definition) is 0. The Morgan fingerprint density at radius 1 is 1.00 bits per heavy atom. The quantitative estimate of drug-likeness (QED) is 0.411. The molecule has 0 N–H and O–H groups in total. The van der Waals surface area contributed by atoms with Gasteiger partial charge >= 0.3 is 5.97 Å². The van der Waals surface area contributed by atoms with Crippen molar-refractivity contribution in [2.45, 2.75) is 38.2 Å². The molecule has 0 heterocycles. The van der Waals surface area contributed by atoms with Gasteiger partial charge in [-0.25, -0.2) is 0 Å². The van der Waals surface area contributed by atoms with Crippen molar-refractivity contribution in [3.05, 3.63) is 95.1 Å². The first kappa shape index (κ1) is 19.0. The number of nitrogens with zero attached hydrogens (tertiary/aromatic N) is 1. The van der Waals surface area contributed by atoms with Crippen LogP contribution in [-0.4, -0.2) is 5.97 Å². The average Bonchev–Trinajstić information content (AvgIpc) is 3.14. The first-order valence-electron chi connectivity index (χ1n) is 9.91. The Morgan fingerprint density at radius 2 is 1.72 bits per heavy atom. The molecule has 29 heavy (non-hydrogen) atoms. The van der Waals surface area contributed by atoms with Crippen molar-refractivity contribution < 1.29 is 9.53 Å². The van der Waals surface area contributed by atoms with Crippen LogP contribution in [0.5, 0.6) is 0 Å². The lowest BCUT2D eigenvalue weighted by Crippen LogP contribution is -2.22. The number of rotatable bonds is 6. The lowest BCUT2D eigenvalue weighted by Gasteiger charge is -2.22.